The minimum absolute atomic E-state index is 0.436. The molecule has 5 heteroatoms. The van der Waals surface area contributed by atoms with Gasteiger partial charge in [-0.05, 0) is 25.0 Å². The highest BCUT2D eigenvalue weighted by atomic mass is 16.4. The van der Waals surface area contributed by atoms with Crippen LogP contribution in [0.1, 0.15) is 12.8 Å². The third-order valence-corrected chi connectivity index (χ3v) is 2.99. The van der Waals surface area contributed by atoms with Crippen LogP contribution < -0.4 is 10.2 Å². The van der Waals surface area contributed by atoms with E-state index in [9.17, 15) is 9.59 Å². The van der Waals surface area contributed by atoms with Crippen molar-refractivity contribution in [2.75, 3.05) is 23.3 Å². The number of aliphatic carboxylic acids is 1. The second kappa shape index (κ2) is 6.04. The highest BCUT2D eigenvalue weighted by molar-refractivity contribution is 6.04. The lowest BCUT2D eigenvalue weighted by Gasteiger charge is -2.21. The van der Waals surface area contributed by atoms with Gasteiger partial charge in [-0.15, -0.1) is 0 Å². The zero-order valence-electron chi connectivity index (χ0n) is 10.5. The largest absolute Gasteiger partial charge is 0.478 e. The molecule has 0 spiro atoms. The summed E-state index contributed by atoms with van der Waals surface area (Å²) in [7, 11) is 0. The molecule has 0 saturated carbocycles. The fraction of sp³-hybridized carbons (Fsp3) is 0.286. The van der Waals surface area contributed by atoms with E-state index in [2.05, 4.69) is 10.2 Å². The molecule has 2 rings (SSSR count). The van der Waals surface area contributed by atoms with Crippen molar-refractivity contribution in [3.8, 4) is 0 Å². The van der Waals surface area contributed by atoms with Gasteiger partial charge in [-0.1, -0.05) is 12.1 Å². The second-order valence-corrected chi connectivity index (χ2v) is 4.37. The van der Waals surface area contributed by atoms with Crippen LogP contribution in [0.5, 0.6) is 0 Å². The number of carboxylic acid groups (broad SMARTS) is 1. The van der Waals surface area contributed by atoms with Gasteiger partial charge in [-0.25, -0.2) is 4.79 Å². The van der Waals surface area contributed by atoms with E-state index in [0.717, 1.165) is 43.8 Å². The monoisotopic (exact) mass is 260 g/mol. The Balaban J connectivity index is 2.11. The number of rotatable bonds is 4. The van der Waals surface area contributed by atoms with Crippen LogP contribution in [0.3, 0.4) is 0 Å². The summed E-state index contributed by atoms with van der Waals surface area (Å²) in [6.07, 6.45) is 4.15. The standard InChI is InChI=1S/C14H16N2O3/c17-13(7-8-14(18)19)15-11-5-1-2-6-12(11)16-9-3-4-10-16/h1-2,5-8H,3-4,9-10H2,(H,15,17)(H,18,19)/b8-7+. The fourth-order valence-electron chi connectivity index (χ4n) is 2.13. The molecule has 5 nitrogen and oxygen atoms in total. The summed E-state index contributed by atoms with van der Waals surface area (Å²) in [5.74, 6) is -1.57. The van der Waals surface area contributed by atoms with Crippen molar-refractivity contribution >= 4 is 23.3 Å². The molecule has 0 radical (unpaired) electrons. The Kier molecular flexibility index (Phi) is 4.18. The van der Waals surface area contributed by atoms with E-state index in [0.29, 0.717) is 5.69 Å². The first-order chi connectivity index (χ1) is 9.16. The summed E-state index contributed by atoms with van der Waals surface area (Å²) < 4.78 is 0. The van der Waals surface area contributed by atoms with E-state index in [1.54, 1.807) is 0 Å². The van der Waals surface area contributed by atoms with E-state index in [1.807, 2.05) is 24.3 Å². The lowest BCUT2D eigenvalue weighted by atomic mass is 10.2. The number of carbonyl (C=O) groups excluding carboxylic acids is 1. The van der Waals surface area contributed by atoms with Crippen LogP contribution >= 0.6 is 0 Å². The van der Waals surface area contributed by atoms with Crippen LogP contribution in [-0.4, -0.2) is 30.1 Å². The molecule has 1 fully saturated rings. The van der Waals surface area contributed by atoms with Crippen LogP contribution in [0.25, 0.3) is 0 Å². The number of carboxylic acids is 1. The number of benzene rings is 1. The SMILES string of the molecule is O=C(O)/C=C/C(=O)Nc1ccccc1N1CCCC1. The average Bonchev–Trinajstić information content (AvgIpc) is 2.91. The minimum atomic E-state index is -1.14. The summed E-state index contributed by atoms with van der Waals surface area (Å²) in [6.45, 7) is 1.97. The van der Waals surface area contributed by atoms with Gasteiger partial charge in [-0.3, -0.25) is 4.79 Å². The summed E-state index contributed by atoms with van der Waals surface area (Å²) in [5, 5.41) is 11.2. The van der Waals surface area contributed by atoms with Crippen molar-refractivity contribution in [3.05, 3.63) is 36.4 Å². The molecule has 100 valence electrons. The van der Waals surface area contributed by atoms with Gasteiger partial charge in [0.25, 0.3) is 0 Å². The Hall–Kier alpha value is -2.30. The molecule has 0 atom stereocenters. The summed E-state index contributed by atoms with van der Waals surface area (Å²) in [4.78, 5) is 24.2. The second-order valence-electron chi connectivity index (χ2n) is 4.37. The minimum Gasteiger partial charge on any atom is -0.478 e. The molecule has 0 aromatic heterocycles. The first-order valence-electron chi connectivity index (χ1n) is 6.23. The molecule has 1 heterocycles. The molecule has 1 aromatic rings. The van der Waals surface area contributed by atoms with Crippen LogP contribution in [0.15, 0.2) is 36.4 Å². The number of carbonyl (C=O) groups is 2. The van der Waals surface area contributed by atoms with Crippen molar-refractivity contribution in [2.45, 2.75) is 12.8 Å². The molecule has 0 unspecified atom stereocenters. The quantitative estimate of drug-likeness (QED) is 0.811. The van der Waals surface area contributed by atoms with Crippen LogP contribution in [0.2, 0.25) is 0 Å². The van der Waals surface area contributed by atoms with Gasteiger partial charge in [0.05, 0.1) is 11.4 Å². The highest BCUT2D eigenvalue weighted by Gasteiger charge is 2.15. The number of nitrogens with zero attached hydrogens (tertiary/aromatic N) is 1. The average molecular weight is 260 g/mol. The van der Waals surface area contributed by atoms with Gasteiger partial charge in [0.2, 0.25) is 5.91 Å². The summed E-state index contributed by atoms with van der Waals surface area (Å²) >= 11 is 0. The van der Waals surface area contributed by atoms with Gasteiger partial charge in [-0.2, -0.15) is 0 Å². The van der Waals surface area contributed by atoms with Crippen molar-refractivity contribution in [1.29, 1.82) is 0 Å². The number of para-hydroxylation sites is 2. The topological polar surface area (TPSA) is 69.6 Å². The molecule has 0 aliphatic carbocycles. The zero-order valence-corrected chi connectivity index (χ0v) is 10.5. The lowest BCUT2D eigenvalue weighted by molar-refractivity contribution is -0.131. The zero-order chi connectivity index (χ0) is 13.7. The maximum absolute atomic E-state index is 11.6. The van der Waals surface area contributed by atoms with Gasteiger partial charge in [0.1, 0.15) is 0 Å². The van der Waals surface area contributed by atoms with Gasteiger partial charge >= 0.3 is 5.97 Å². The van der Waals surface area contributed by atoms with Crippen molar-refractivity contribution in [3.63, 3.8) is 0 Å². The van der Waals surface area contributed by atoms with E-state index >= 15 is 0 Å². The van der Waals surface area contributed by atoms with E-state index in [4.69, 9.17) is 5.11 Å². The fourth-order valence-corrected chi connectivity index (χ4v) is 2.13. The number of nitrogens with one attached hydrogen (secondary N) is 1. The molecule has 1 aliphatic rings. The van der Waals surface area contributed by atoms with Crippen molar-refractivity contribution in [1.82, 2.24) is 0 Å². The van der Waals surface area contributed by atoms with Crippen LogP contribution in [0.4, 0.5) is 11.4 Å². The Bertz CT molecular complexity index is 505. The smallest absolute Gasteiger partial charge is 0.328 e. The molecule has 1 saturated heterocycles. The van der Waals surface area contributed by atoms with E-state index in [-0.39, 0.29) is 0 Å². The number of anilines is 2. The highest BCUT2D eigenvalue weighted by Crippen LogP contribution is 2.28. The molecule has 19 heavy (non-hydrogen) atoms. The molecule has 1 amide bonds. The number of amides is 1. The number of hydrogen-bond donors (Lipinski definition) is 2. The Morgan fingerprint density at radius 2 is 1.84 bits per heavy atom. The van der Waals surface area contributed by atoms with E-state index in [1.165, 1.54) is 0 Å². The van der Waals surface area contributed by atoms with E-state index < -0.39 is 11.9 Å². The maximum atomic E-state index is 11.6. The Labute approximate surface area is 111 Å². The predicted octanol–water partition coefficient (Wildman–Crippen LogP) is 1.87. The first-order valence-corrected chi connectivity index (χ1v) is 6.23. The normalized spacial score (nSPS) is 14.8. The summed E-state index contributed by atoms with van der Waals surface area (Å²) in [5.41, 5.74) is 1.70. The van der Waals surface area contributed by atoms with Gasteiger partial charge < -0.3 is 15.3 Å². The lowest BCUT2D eigenvalue weighted by Crippen LogP contribution is -2.20. The third kappa shape index (κ3) is 3.58. The van der Waals surface area contributed by atoms with Gasteiger partial charge in [0, 0.05) is 25.2 Å². The molecule has 1 aromatic carbocycles. The molecule has 2 N–H and O–H groups in total. The van der Waals surface area contributed by atoms with Crippen LogP contribution in [-0.2, 0) is 9.59 Å². The molecular weight excluding hydrogens is 244 g/mol. The number of hydrogen-bond acceptors (Lipinski definition) is 3. The Morgan fingerprint density at radius 1 is 1.16 bits per heavy atom. The predicted molar refractivity (Wildman–Crippen MR) is 73.3 cm³/mol. The molecule has 1 aliphatic heterocycles. The Morgan fingerprint density at radius 3 is 2.53 bits per heavy atom. The van der Waals surface area contributed by atoms with Crippen molar-refractivity contribution < 1.29 is 14.7 Å². The third-order valence-electron chi connectivity index (χ3n) is 2.99. The first kappa shape index (κ1) is 13.1. The van der Waals surface area contributed by atoms with Crippen LogP contribution in [0, 0.1) is 0 Å². The molecule has 0 bridgehead atoms. The van der Waals surface area contributed by atoms with Crippen molar-refractivity contribution in [2.24, 2.45) is 0 Å². The maximum Gasteiger partial charge on any atom is 0.328 e. The summed E-state index contributed by atoms with van der Waals surface area (Å²) in [6, 6.07) is 7.55. The van der Waals surface area contributed by atoms with Gasteiger partial charge in [0.15, 0.2) is 0 Å². The molecular formula is C14H16N2O3.